The molecule has 0 aliphatic carbocycles. The van der Waals surface area contributed by atoms with Gasteiger partial charge in [-0.2, -0.15) is 0 Å². The third kappa shape index (κ3) is 4.44. The molecule has 110 valence electrons. The molecule has 0 aliphatic heterocycles. The first-order valence-electron chi connectivity index (χ1n) is 6.09. The highest BCUT2D eigenvalue weighted by Gasteiger charge is 2.09. The van der Waals surface area contributed by atoms with Crippen LogP contribution in [0.1, 0.15) is 5.56 Å². The molecule has 0 aliphatic rings. The van der Waals surface area contributed by atoms with Crippen molar-refractivity contribution < 1.29 is 13.9 Å². The number of amides is 1. The molecule has 1 N–H and O–H groups in total. The van der Waals surface area contributed by atoms with E-state index >= 15 is 0 Å². The second kappa shape index (κ2) is 6.91. The van der Waals surface area contributed by atoms with Gasteiger partial charge in [0.05, 0.1) is 10.7 Å². The number of nitrogens with one attached hydrogen (secondary N) is 1. The van der Waals surface area contributed by atoms with E-state index < -0.39 is 5.82 Å². The van der Waals surface area contributed by atoms with Crippen molar-refractivity contribution in [2.24, 2.45) is 0 Å². The number of halogens is 3. The van der Waals surface area contributed by atoms with E-state index in [2.05, 4.69) is 21.2 Å². The third-order valence-corrected chi connectivity index (χ3v) is 3.60. The zero-order valence-electron chi connectivity index (χ0n) is 11.1. The maximum atomic E-state index is 12.9. The Kier molecular flexibility index (Phi) is 5.20. The molecule has 3 nitrogen and oxygen atoms in total. The summed E-state index contributed by atoms with van der Waals surface area (Å²) in [6, 6.07) is 9.31. The van der Waals surface area contributed by atoms with Gasteiger partial charge in [0.2, 0.25) is 0 Å². The Bertz CT molecular complexity index is 679. The first-order valence-corrected chi connectivity index (χ1v) is 7.26. The molecule has 0 heterocycles. The van der Waals surface area contributed by atoms with Crippen molar-refractivity contribution >= 4 is 39.1 Å². The van der Waals surface area contributed by atoms with Gasteiger partial charge < -0.3 is 10.1 Å². The zero-order valence-corrected chi connectivity index (χ0v) is 13.5. The summed E-state index contributed by atoms with van der Waals surface area (Å²) in [6.45, 7) is 1.74. The fraction of sp³-hybridized carbons (Fsp3) is 0.133. The number of carbonyl (C=O) groups is 1. The van der Waals surface area contributed by atoms with Crippen LogP contribution in [0.2, 0.25) is 5.02 Å². The van der Waals surface area contributed by atoms with Crippen molar-refractivity contribution in [2.75, 3.05) is 11.9 Å². The lowest BCUT2D eigenvalue weighted by Gasteiger charge is -2.10. The van der Waals surface area contributed by atoms with Crippen molar-refractivity contribution in [3.63, 3.8) is 0 Å². The number of anilines is 1. The monoisotopic (exact) mass is 371 g/mol. The minimum Gasteiger partial charge on any atom is -0.482 e. The Hall–Kier alpha value is -1.59. The van der Waals surface area contributed by atoms with E-state index in [4.69, 9.17) is 16.3 Å². The summed E-state index contributed by atoms with van der Waals surface area (Å²) < 4.78 is 18.9. The van der Waals surface area contributed by atoms with E-state index in [0.717, 1.165) is 16.1 Å². The highest BCUT2D eigenvalue weighted by atomic mass is 79.9. The number of hydrogen-bond acceptors (Lipinski definition) is 2. The van der Waals surface area contributed by atoms with Crippen LogP contribution in [0, 0.1) is 12.7 Å². The minimum atomic E-state index is -0.458. The molecule has 2 rings (SSSR count). The Balaban J connectivity index is 1.96. The molecule has 0 saturated heterocycles. The summed E-state index contributed by atoms with van der Waals surface area (Å²) in [6.07, 6.45) is 0. The van der Waals surface area contributed by atoms with Crippen LogP contribution in [0.4, 0.5) is 10.1 Å². The fourth-order valence-corrected chi connectivity index (χ4v) is 2.46. The zero-order chi connectivity index (χ0) is 15.4. The Labute approximate surface area is 135 Å². The first kappa shape index (κ1) is 15.8. The molecule has 0 bridgehead atoms. The molecule has 0 atom stereocenters. The van der Waals surface area contributed by atoms with E-state index in [1.807, 2.05) is 19.1 Å². The molecule has 6 heteroatoms. The highest BCUT2D eigenvalue weighted by Crippen LogP contribution is 2.25. The number of carbonyl (C=O) groups excluding carboxylic acids is 1. The quantitative estimate of drug-likeness (QED) is 0.854. The van der Waals surface area contributed by atoms with E-state index in [1.54, 1.807) is 6.07 Å². The summed E-state index contributed by atoms with van der Waals surface area (Å²) in [5.41, 5.74) is 1.73. The average molecular weight is 373 g/mol. The summed E-state index contributed by atoms with van der Waals surface area (Å²) >= 11 is 9.18. The first-order chi connectivity index (χ1) is 9.95. The molecular formula is C15H12BrClFNO2. The van der Waals surface area contributed by atoms with Crippen LogP contribution in [0.25, 0.3) is 0 Å². The van der Waals surface area contributed by atoms with Crippen molar-refractivity contribution in [2.45, 2.75) is 6.92 Å². The molecular weight excluding hydrogens is 361 g/mol. The lowest BCUT2D eigenvalue weighted by atomic mass is 10.2. The van der Waals surface area contributed by atoms with Gasteiger partial charge in [0.15, 0.2) is 6.61 Å². The molecule has 0 aromatic heterocycles. The van der Waals surface area contributed by atoms with E-state index in [9.17, 15) is 9.18 Å². The minimum absolute atomic E-state index is 0.124. The molecule has 0 saturated carbocycles. The fourth-order valence-electron chi connectivity index (χ4n) is 1.64. The summed E-state index contributed by atoms with van der Waals surface area (Å²) in [5.74, 6) is -0.531. The van der Waals surface area contributed by atoms with Gasteiger partial charge in [-0.25, -0.2) is 4.39 Å². The van der Waals surface area contributed by atoms with Crippen molar-refractivity contribution in [1.29, 1.82) is 0 Å². The predicted octanol–water partition coefficient (Wildman–Crippen LogP) is 4.57. The predicted molar refractivity (Wildman–Crippen MR) is 84.4 cm³/mol. The molecule has 21 heavy (non-hydrogen) atoms. The van der Waals surface area contributed by atoms with Crippen molar-refractivity contribution in [1.82, 2.24) is 0 Å². The van der Waals surface area contributed by atoms with Gasteiger partial charge in [-0.05, 0) is 58.7 Å². The second-order valence-electron chi connectivity index (χ2n) is 4.39. The van der Waals surface area contributed by atoms with Crippen LogP contribution >= 0.6 is 27.5 Å². The number of benzene rings is 2. The maximum Gasteiger partial charge on any atom is 0.262 e. The molecule has 2 aromatic rings. The maximum absolute atomic E-state index is 12.9. The number of hydrogen-bond donors (Lipinski definition) is 1. The van der Waals surface area contributed by atoms with Crippen LogP contribution in [0.5, 0.6) is 5.75 Å². The number of ether oxygens (including phenoxy) is 1. The van der Waals surface area contributed by atoms with Gasteiger partial charge in [-0.1, -0.05) is 17.7 Å². The molecule has 0 radical (unpaired) electrons. The van der Waals surface area contributed by atoms with Gasteiger partial charge in [0, 0.05) is 4.47 Å². The van der Waals surface area contributed by atoms with Gasteiger partial charge in [-0.3, -0.25) is 4.79 Å². The SMILES string of the molecule is Cc1ccc(NC(=O)COc2ccc(F)cc2Cl)c(Br)c1. The number of rotatable bonds is 4. The van der Waals surface area contributed by atoms with Crippen LogP contribution in [-0.4, -0.2) is 12.5 Å². The summed E-state index contributed by atoms with van der Waals surface area (Å²) in [5, 5.41) is 2.83. The topological polar surface area (TPSA) is 38.3 Å². The van der Waals surface area contributed by atoms with E-state index in [1.165, 1.54) is 12.1 Å². The standard InChI is InChI=1S/C15H12BrClFNO2/c1-9-2-4-13(11(16)6-9)19-15(20)8-21-14-5-3-10(18)7-12(14)17/h2-7H,8H2,1H3,(H,19,20). The summed E-state index contributed by atoms with van der Waals surface area (Å²) in [4.78, 5) is 11.8. The lowest BCUT2D eigenvalue weighted by molar-refractivity contribution is -0.118. The molecule has 1 amide bonds. The second-order valence-corrected chi connectivity index (χ2v) is 5.66. The molecule has 0 unspecified atom stereocenters. The van der Waals surface area contributed by atoms with Gasteiger partial charge in [-0.15, -0.1) is 0 Å². The van der Waals surface area contributed by atoms with Crippen molar-refractivity contribution in [3.05, 3.63) is 57.3 Å². The van der Waals surface area contributed by atoms with Gasteiger partial charge in [0.25, 0.3) is 5.91 Å². The average Bonchev–Trinajstić information content (AvgIpc) is 2.41. The largest absolute Gasteiger partial charge is 0.482 e. The highest BCUT2D eigenvalue weighted by molar-refractivity contribution is 9.10. The molecule has 0 fully saturated rings. The van der Waals surface area contributed by atoms with E-state index in [0.29, 0.717) is 5.69 Å². The van der Waals surface area contributed by atoms with Crippen LogP contribution < -0.4 is 10.1 Å². The van der Waals surface area contributed by atoms with Gasteiger partial charge in [0.1, 0.15) is 11.6 Å². The van der Waals surface area contributed by atoms with Crippen LogP contribution in [0.15, 0.2) is 40.9 Å². The van der Waals surface area contributed by atoms with E-state index in [-0.39, 0.29) is 23.3 Å². The van der Waals surface area contributed by atoms with Crippen molar-refractivity contribution in [3.8, 4) is 5.75 Å². The Morgan fingerprint density at radius 1 is 1.33 bits per heavy atom. The normalized spacial score (nSPS) is 10.3. The Morgan fingerprint density at radius 3 is 2.76 bits per heavy atom. The van der Waals surface area contributed by atoms with Gasteiger partial charge >= 0.3 is 0 Å². The molecule has 0 spiro atoms. The summed E-state index contributed by atoms with van der Waals surface area (Å²) in [7, 11) is 0. The molecule has 2 aromatic carbocycles. The smallest absolute Gasteiger partial charge is 0.262 e. The lowest BCUT2D eigenvalue weighted by Crippen LogP contribution is -2.20. The Morgan fingerprint density at radius 2 is 2.10 bits per heavy atom. The third-order valence-electron chi connectivity index (χ3n) is 2.65. The number of aryl methyl sites for hydroxylation is 1. The van der Waals surface area contributed by atoms with Crippen LogP contribution in [-0.2, 0) is 4.79 Å². The van der Waals surface area contributed by atoms with Crippen LogP contribution in [0.3, 0.4) is 0 Å².